The third-order valence-corrected chi connectivity index (χ3v) is 6.93. The molecule has 0 radical (unpaired) electrons. The fourth-order valence-corrected chi connectivity index (χ4v) is 4.99. The van der Waals surface area contributed by atoms with Gasteiger partial charge >= 0.3 is 0 Å². The molecule has 0 bridgehead atoms. The number of hydrogen-bond donors (Lipinski definition) is 1. The number of amides is 1. The van der Waals surface area contributed by atoms with E-state index in [2.05, 4.69) is 10.3 Å². The van der Waals surface area contributed by atoms with Crippen molar-refractivity contribution in [1.29, 1.82) is 0 Å². The predicted molar refractivity (Wildman–Crippen MR) is 135 cm³/mol. The highest BCUT2D eigenvalue weighted by atomic mass is 32.2. The number of thioether (sulfide) groups is 1. The number of carbonyl (C=O) groups excluding carboxylic acids is 1. The Morgan fingerprint density at radius 2 is 1.73 bits per heavy atom. The van der Waals surface area contributed by atoms with Gasteiger partial charge in [0.1, 0.15) is 0 Å². The summed E-state index contributed by atoms with van der Waals surface area (Å²) in [6.45, 7) is 5.98. The van der Waals surface area contributed by atoms with Crippen LogP contribution in [0.4, 0.5) is 11.4 Å². The molecule has 3 aromatic rings. The third-order valence-electron chi connectivity index (χ3n) is 4.95. The van der Waals surface area contributed by atoms with Gasteiger partial charge in [0.05, 0.1) is 20.4 Å². The molecule has 6 nitrogen and oxygen atoms in total. The molecule has 4 rings (SSSR count). The number of nitro groups is 1. The SMILES string of the molecule is Cc1ccc(Sc2ccc(C=C3SC(=Nc4ccc(C)cc4C)NC3=O)cc2[N+](=O)[O-])cc1. The van der Waals surface area contributed by atoms with E-state index < -0.39 is 4.92 Å². The Hall–Kier alpha value is -3.36. The van der Waals surface area contributed by atoms with E-state index in [1.54, 1.807) is 18.2 Å². The normalized spacial score (nSPS) is 15.8. The second-order valence-electron chi connectivity index (χ2n) is 7.67. The van der Waals surface area contributed by atoms with E-state index in [0.29, 0.717) is 20.5 Å². The van der Waals surface area contributed by atoms with Crippen molar-refractivity contribution in [3.8, 4) is 0 Å². The highest BCUT2D eigenvalue weighted by Gasteiger charge is 2.24. The van der Waals surface area contributed by atoms with Gasteiger partial charge < -0.3 is 5.32 Å². The molecule has 1 saturated heterocycles. The molecular formula is C25H21N3O3S2. The molecule has 0 aliphatic carbocycles. The standard InChI is InChI=1S/C25H21N3O3S2/c1-15-4-8-19(9-5-15)32-22-11-7-18(13-21(22)28(30)31)14-23-24(29)27-25(33-23)26-20-10-6-16(2)12-17(20)3/h4-14H,1-3H3,(H,26,27,29). The quantitative estimate of drug-likeness (QED) is 0.256. The number of benzene rings is 3. The van der Waals surface area contributed by atoms with Gasteiger partial charge in [-0.3, -0.25) is 14.9 Å². The summed E-state index contributed by atoms with van der Waals surface area (Å²) < 4.78 is 0. The summed E-state index contributed by atoms with van der Waals surface area (Å²) >= 11 is 2.56. The highest BCUT2D eigenvalue weighted by Crippen LogP contribution is 2.37. The average Bonchev–Trinajstić information content (AvgIpc) is 3.11. The smallest absolute Gasteiger partial charge is 0.283 e. The molecule has 166 valence electrons. The molecule has 1 fully saturated rings. The van der Waals surface area contributed by atoms with E-state index in [-0.39, 0.29) is 11.6 Å². The second kappa shape index (κ2) is 9.64. The van der Waals surface area contributed by atoms with Crippen molar-refractivity contribution < 1.29 is 9.72 Å². The highest BCUT2D eigenvalue weighted by molar-refractivity contribution is 8.18. The van der Waals surface area contributed by atoms with E-state index >= 15 is 0 Å². The first-order chi connectivity index (χ1) is 15.8. The summed E-state index contributed by atoms with van der Waals surface area (Å²) in [7, 11) is 0. The molecule has 1 aliphatic rings. The zero-order valence-electron chi connectivity index (χ0n) is 18.3. The lowest BCUT2D eigenvalue weighted by molar-refractivity contribution is -0.387. The van der Waals surface area contributed by atoms with Crippen molar-refractivity contribution in [2.45, 2.75) is 30.6 Å². The minimum atomic E-state index is -0.395. The molecule has 33 heavy (non-hydrogen) atoms. The summed E-state index contributed by atoms with van der Waals surface area (Å²) in [6.07, 6.45) is 1.65. The van der Waals surface area contributed by atoms with Gasteiger partial charge in [-0.1, -0.05) is 53.2 Å². The first-order valence-electron chi connectivity index (χ1n) is 10.2. The van der Waals surface area contributed by atoms with Crippen LogP contribution in [0.5, 0.6) is 0 Å². The van der Waals surface area contributed by atoms with E-state index in [9.17, 15) is 14.9 Å². The van der Waals surface area contributed by atoms with Gasteiger partial charge in [0.15, 0.2) is 5.17 Å². The zero-order chi connectivity index (χ0) is 23.5. The molecule has 1 amide bonds. The van der Waals surface area contributed by atoms with Gasteiger partial charge in [0.2, 0.25) is 0 Å². The fraction of sp³-hybridized carbons (Fsp3) is 0.120. The van der Waals surface area contributed by atoms with E-state index in [0.717, 1.165) is 27.3 Å². The van der Waals surface area contributed by atoms with Crippen LogP contribution in [0.25, 0.3) is 6.08 Å². The maximum Gasteiger partial charge on any atom is 0.283 e. The number of hydrogen-bond acceptors (Lipinski definition) is 6. The van der Waals surface area contributed by atoms with Crippen LogP contribution in [0.2, 0.25) is 0 Å². The number of rotatable bonds is 5. The Bertz CT molecular complexity index is 1310. The Morgan fingerprint density at radius 1 is 1.00 bits per heavy atom. The van der Waals surface area contributed by atoms with Crippen molar-refractivity contribution in [3.05, 3.63) is 97.9 Å². The number of amidine groups is 1. The molecule has 0 saturated carbocycles. The van der Waals surface area contributed by atoms with Crippen molar-refractivity contribution in [2.75, 3.05) is 0 Å². The largest absolute Gasteiger partial charge is 0.300 e. The molecular weight excluding hydrogens is 454 g/mol. The Balaban J connectivity index is 1.58. The molecule has 0 spiro atoms. The van der Waals surface area contributed by atoms with Gasteiger partial charge in [-0.15, -0.1) is 0 Å². The minimum Gasteiger partial charge on any atom is -0.300 e. The topological polar surface area (TPSA) is 84.6 Å². The van der Waals surface area contributed by atoms with Crippen LogP contribution in [-0.2, 0) is 4.79 Å². The lowest BCUT2D eigenvalue weighted by Gasteiger charge is -2.05. The zero-order valence-corrected chi connectivity index (χ0v) is 19.9. The number of nitrogens with one attached hydrogen (secondary N) is 1. The van der Waals surface area contributed by atoms with Crippen LogP contribution in [0.15, 0.2) is 80.4 Å². The number of carbonyl (C=O) groups is 1. The molecule has 0 aromatic heterocycles. The molecule has 0 unspecified atom stereocenters. The average molecular weight is 476 g/mol. The van der Waals surface area contributed by atoms with Crippen molar-refractivity contribution in [2.24, 2.45) is 4.99 Å². The number of aliphatic imine (C=N–C) groups is 1. The van der Waals surface area contributed by atoms with E-state index in [4.69, 9.17) is 0 Å². The molecule has 1 aliphatic heterocycles. The lowest BCUT2D eigenvalue weighted by Crippen LogP contribution is -2.19. The number of nitro benzene ring substituents is 1. The fourth-order valence-electron chi connectivity index (χ4n) is 3.26. The lowest BCUT2D eigenvalue weighted by atomic mass is 10.1. The first-order valence-corrected chi connectivity index (χ1v) is 11.8. The first kappa shape index (κ1) is 22.8. The molecule has 3 aromatic carbocycles. The van der Waals surface area contributed by atoms with Crippen molar-refractivity contribution >= 4 is 52.0 Å². The number of nitrogens with zero attached hydrogens (tertiary/aromatic N) is 2. The molecule has 8 heteroatoms. The van der Waals surface area contributed by atoms with Crippen LogP contribution in [-0.4, -0.2) is 16.0 Å². The predicted octanol–water partition coefficient (Wildman–Crippen LogP) is 6.56. The monoisotopic (exact) mass is 475 g/mol. The van der Waals surface area contributed by atoms with Crippen LogP contribution < -0.4 is 5.32 Å². The Morgan fingerprint density at radius 3 is 2.42 bits per heavy atom. The van der Waals surface area contributed by atoms with Gasteiger partial charge in [-0.25, -0.2) is 4.99 Å². The Kier molecular flexibility index (Phi) is 6.67. The van der Waals surface area contributed by atoms with Gasteiger partial charge in [-0.05, 0) is 74.0 Å². The minimum absolute atomic E-state index is 0.00232. The number of aryl methyl sites for hydroxylation is 3. The maximum absolute atomic E-state index is 12.5. The van der Waals surface area contributed by atoms with Gasteiger partial charge in [0.25, 0.3) is 11.6 Å². The summed E-state index contributed by atoms with van der Waals surface area (Å²) in [6, 6.07) is 18.7. The van der Waals surface area contributed by atoms with E-state index in [1.807, 2.05) is 63.2 Å². The summed E-state index contributed by atoms with van der Waals surface area (Å²) in [5.74, 6) is -0.274. The van der Waals surface area contributed by atoms with Crippen molar-refractivity contribution in [1.82, 2.24) is 5.32 Å². The van der Waals surface area contributed by atoms with Crippen LogP contribution >= 0.6 is 23.5 Å². The second-order valence-corrected chi connectivity index (χ2v) is 9.82. The van der Waals surface area contributed by atoms with Crippen molar-refractivity contribution in [3.63, 3.8) is 0 Å². The van der Waals surface area contributed by atoms with E-state index in [1.165, 1.54) is 29.6 Å². The maximum atomic E-state index is 12.5. The van der Waals surface area contributed by atoms with Crippen LogP contribution in [0.1, 0.15) is 22.3 Å². The Labute approximate surface area is 200 Å². The third kappa shape index (κ3) is 5.53. The summed E-state index contributed by atoms with van der Waals surface area (Å²) in [4.78, 5) is 30.2. The van der Waals surface area contributed by atoms with Gasteiger partial charge in [0, 0.05) is 11.0 Å². The summed E-state index contributed by atoms with van der Waals surface area (Å²) in [5.41, 5.74) is 4.67. The molecule has 0 atom stereocenters. The summed E-state index contributed by atoms with van der Waals surface area (Å²) in [5, 5.41) is 15.0. The van der Waals surface area contributed by atoms with Crippen LogP contribution in [0.3, 0.4) is 0 Å². The molecule has 1 heterocycles. The molecule has 1 N–H and O–H groups in total. The van der Waals surface area contributed by atoms with Crippen LogP contribution in [0, 0.1) is 30.9 Å². The van der Waals surface area contributed by atoms with Gasteiger partial charge in [-0.2, -0.15) is 0 Å².